The molecule has 1 aliphatic heterocycles. The van der Waals surface area contributed by atoms with Gasteiger partial charge >= 0.3 is 0 Å². The van der Waals surface area contributed by atoms with Gasteiger partial charge in [-0.2, -0.15) is 0 Å². The first-order chi connectivity index (χ1) is 8.88. The third kappa shape index (κ3) is 4.43. The third-order valence-corrected chi connectivity index (χ3v) is 3.65. The third-order valence-electron chi connectivity index (χ3n) is 3.65. The van der Waals surface area contributed by atoms with Crippen LogP contribution in [0.2, 0.25) is 0 Å². The average molecular weight is 246 g/mol. The second-order valence-corrected chi connectivity index (χ2v) is 5.30. The zero-order valence-electron chi connectivity index (χ0n) is 11.6. The van der Waals surface area contributed by atoms with Gasteiger partial charge in [0.25, 0.3) is 0 Å². The summed E-state index contributed by atoms with van der Waals surface area (Å²) >= 11 is 0. The molecule has 0 saturated carbocycles. The number of nitrogens with zero attached hydrogens (tertiary/aromatic N) is 1. The summed E-state index contributed by atoms with van der Waals surface area (Å²) in [4.78, 5) is 2.55. The second-order valence-electron chi connectivity index (χ2n) is 5.30. The fourth-order valence-corrected chi connectivity index (χ4v) is 2.54. The lowest BCUT2D eigenvalue weighted by Gasteiger charge is -2.14. The Labute approximate surface area is 111 Å². The molecule has 0 radical (unpaired) electrons. The van der Waals surface area contributed by atoms with Crippen LogP contribution in [0, 0.1) is 0 Å². The van der Waals surface area contributed by atoms with Gasteiger partial charge in [0.05, 0.1) is 0 Å². The fourth-order valence-electron chi connectivity index (χ4n) is 2.54. The van der Waals surface area contributed by atoms with E-state index in [4.69, 9.17) is 0 Å². The van der Waals surface area contributed by atoms with E-state index in [-0.39, 0.29) is 0 Å². The van der Waals surface area contributed by atoms with Gasteiger partial charge in [-0.3, -0.25) is 4.90 Å². The van der Waals surface area contributed by atoms with Gasteiger partial charge in [0, 0.05) is 6.54 Å². The second kappa shape index (κ2) is 7.55. The number of nitrogens with one attached hydrogen (secondary N) is 1. The van der Waals surface area contributed by atoms with Gasteiger partial charge in [-0.25, -0.2) is 0 Å². The van der Waals surface area contributed by atoms with Gasteiger partial charge in [0.15, 0.2) is 0 Å². The van der Waals surface area contributed by atoms with Crippen LogP contribution in [0.1, 0.15) is 37.3 Å². The fraction of sp³-hybridized carbons (Fsp3) is 0.625. The van der Waals surface area contributed by atoms with E-state index in [2.05, 4.69) is 41.4 Å². The lowest BCUT2D eigenvalue weighted by molar-refractivity contribution is 0.331. The molecule has 18 heavy (non-hydrogen) atoms. The van der Waals surface area contributed by atoms with Crippen molar-refractivity contribution in [3.05, 3.63) is 35.4 Å². The summed E-state index contributed by atoms with van der Waals surface area (Å²) < 4.78 is 0. The van der Waals surface area contributed by atoms with Crippen molar-refractivity contribution in [3.8, 4) is 0 Å². The van der Waals surface area contributed by atoms with Crippen LogP contribution < -0.4 is 5.32 Å². The molecule has 0 spiro atoms. The Morgan fingerprint density at radius 1 is 1.00 bits per heavy atom. The molecular formula is C16H26N2. The molecule has 0 aliphatic carbocycles. The first-order valence-electron chi connectivity index (χ1n) is 7.39. The van der Waals surface area contributed by atoms with Crippen LogP contribution in [-0.4, -0.2) is 31.1 Å². The first-order valence-corrected chi connectivity index (χ1v) is 7.39. The number of hydrogen-bond donors (Lipinski definition) is 1. The molecule has 0 aromatic heterocycles. The van der Waals surface area contributed by atoms with Gasteiger partial charge in [0.2, 0.25) is 0 Å². The van der Waals surface area contributed by atoms with Crippen LogP contribution in [0.15, 0.2) is 24.3 Å². The van der Waals surface area contributed by atoms with Crippen molar-refractivity contribution < 1.29 is 0 Å². The van der Waals surface area contributed by atoms with E-state index >= 15 is 0 Å². The summed E-state index contributed by atoms with van der Waals surface area (Å²) in [5.74, 6) is 0. The molecule has 0 amide bonds. The Kier molecular flexibility index (Phi) is 5.69. The molecule has 1 N–H and O–H groups in total. The molecule has 1 aromatic rings. The molecule has 0 bridgehead atoms. The number of hydrogen-bond acceptors (Lipinski definition) is 2. The molecule has 2 nitrogen and oxygen atoms in total. The molecule has 1 aromatic carbocycles. The van der Waals surface area contributed by atoms with E-state index in [0.29, 0.717) is 0 Å². The Morgan fingerprint density at radius 3 is 2.33 bits per heavy atom. The van der Waals surface area contributed by atoms with Crippen LogP contribution in [0.3, 0.4) is 0 Å². The molecule has 1 heterocycles. The summed E-state index contributed by atoms with van der Waals surface area (Å²) in [6, 6.07) is 9.18. The van der Waals surface area contributed by atoms with E-state index in [0.717, 1.165) is 26.1 Å². The van der Waals surface area contributed by atoms with Crippen LogP contribution in [-0.2, 0) is 13.0 Å². The highest BCUT2D eigenvalue weighted by Gasteiger charge is 2.11. The molecule has 0 atom stereocenters. The maximum absolute atomic E-state index is 3.45. The Hall–Kier alpha value is -0.860. The highest BCUT2D eigenvalue weighted by atomic mass is 15.1. The van der Waals surface area contributed by atoms with Crippen LogP contribution in [0.25, 0.3) is 0 Å². The highest BCUT2D eigenvalue weighted by molar-refractivity contribution is 5.22. The predicted octanol–water partition coefficient (Wildman–Crippen LogP) is 2.82. The van der Waals surface area contributed by atoms with Crippen LogP contribution in [0.4, 0.5) is 0 Å². The van der Waals surface area contributed by atoms with Gasteiger partial charge < -0.3 is 5.32 Å². The lowest BCUT2D eigenvalue weighted by Crippen LogP contribution is -2.18. The van der Waals surface area contributed by atoms with E-state index < -0.39 is 0 Å². The van der Waals surface area contributed by atoms with Crippen molar-refractivity contribution in [2.45, 2.75) is 39.2 Å². The van der Waals surface area contributed by atoms with E-state index in [9.17, 15) is 0 Å². The summed E-state index contributed by atoms with van der Waals surface area (Å²) in [6.45, 7) is 8.13. The molecule has 2 rings (SSSR count). The minimum atomic E-state index is 1.10. The Bertz CT molecular complexity index is 325. The van der Waals surface area contributed by atoms with Crippen molar-refractivity contribution in [3.63, 3.8) is 0 Å². The number of rotatable bonds is 7. The predicted molar refractivity (Wildman–Crippen MR) is 77.8 cm³/mol. The molecular weight excluding hydrogens is 220 g/mol. The van der Waals surface area contributed by atoms with E-state index in [1.54, 1.807) is 0 Å². The molecule has 1 aliphatic rings. The van der Waals surface area contributed by atoms with E-state index in [1.165, 1.54) is 43.5 Å². The molecule has 100 valence electrons. The first kappa shape index (κ1) is 13.6. The van der Waals surface area contributed by atoms with Crippen molar-refractivity contribution in [1.82, 2.24) is 10.2 Å². The normalized spacial score (nSPS) is 16.3. The monoisotopic (exact) mass is 246 g/mol. The smallest absolute Gasteiger partial charge is 0.0233 e. The SMILES string of the molecule is CCCNCCc1ccc(CN2CCCC2)cc1. The summed E-state index contributed by atoms with van der Waals surface area (Å²) in [7, 11) is 0. The van der Waals surface area contributed by atoms with Crippen molar-refractivity contribution in [2.24, 2.45) is 0 Å². The Balaban J connectivity index is 1.74. The highest BCUT2D eigenvalue weighted by Crippen LogP contribution is 2.13. The summed E-state index contributed by atoms with van der Waals surface area (Å²) in [5, 5.41) is 3.45. The molecule has 1 fully saturated rings. The zero-order valence-corrected chi connectivity index (χ0v) is 11.6. The minimum absolute atomic E-state index is 1.10. The van der Waals surface area contributed by atoms with Crippen LogP contribution >= 0.6 is 0 Å². The van der Waals surface area contributed by atoms with Gasteiger partial charge in [0.1, 0.15) is 0 Å². The number of benzene rings is 1. The minimum Gasteiger partial charge on any atom is -0.316 e. The maximum atomic E-state index is 3.45. The van der Waals surface area contributed by atoms with Gasteiger partial charge in [-0.15, -0.1) is 0 Å². The zero-order chi connectivity index (χ0) is 12.6. The standard InChI is InChI=1S/C16H26N2/c1-2-10-17-11-9-15-5-7-16(8-6-15)14-18-12-3-4-13-18/h5-8,17H,2-4,9-14H2,1H3. The van der Waals surface area contributed by atoms with Gasteiger partial charge in [-0.05, 0) is 63.0 Å². The maximum Gasteiger partial charge on any atom is 0.0233 e. The quantitative estimate of drug-likeness (QED) is 0.744. The van der Waals surface area contributed by atoms with Crippen molar-refractivity contribution >= 4 is 0 Å². The summed E-state index contributed by atoms with van der Waals surface area (Å²) in [6.07, 6.45) is 5.11. The van der Waals surface area contributed by atoms with Gasteiger partial charge in [-0.1, -0.05) is 31.2 Å². The Morgan fingerprint density at radius 2 is 1.67 bits per heavy atom. The average Bonchev–Trinajstić information content (AvgIpc) is 2.89. The molecule has 2 heteroatoms. The lowest BCUT2D eigenvalue weighted by atomic mass is 10.1. The topological polar surface area (TPSA) is 15.3 Å². The van der Waals surface area contributed by atoms with E-state index in [1.807, 2.05) is 0 Å². The van der Waals surface area contributed by atoms with Crippen molar-refractivity contribution in [2.75, 3.05) is 26.2 Å². The largest absolute Gasteiger partial charge is 0.316 e. The summed E-state index contributed by atoms with van der Waals surface area (Å²) in [5.41, 5.74) is 2.91. The molecule has 1 saturated heterocycles. The van der Waals surface area contributed by atoms with Crippen molar-refractivity contribution in [1.29, 1.82) is 0 Å². The van der Waals surface area contributed by atoms with Crippen LogP contribution in [0.5, 0.6) is 0 Å². The molecule has 0 unspecified atom stereocenters. The number of likely N-dealkylation sites (tertiary alicyclic amines) is 1.